The van der Waals surface area contributed by atoms with Crippen molar-refractivity contribution < 1.29 is 9.59 Å². The quantitative estimate of drug-likeness (QED) is 0.671. The highest BCUT2D eigenvalue weighted by molar-refractivity contribution is 8.00. The third-order valence-corrected chi connectivity index (χ3v) is 5.96. The molecular weight excluding hydrogens is 384 g/mol. The lowest BCUT2D eigenvalue weighted by molar-refractivity contribution is -0.129. The third-order valence-electron chi connectivity index (χ3n) is 4.90. The van der Waals surface area contributed by atoms with Gasteiger partial charge in [-0.05, 0) is 24.3 Å². The second kappa shape index (κ2) is 8.96. The van der Waals surface area contributed by atoms with Crippen molar-refractivity contribution in [2.75, 3.05) is 37.2 Å². The van der Waals surface area contributed by atoms with Crippen LogP contribution in [-0.2, 0) is 4.79 Å². The Labute approximate surface area is 173 Å². The number of anilines is 1. The molecule has 3 aromatic rings. The van der Waals surface area contributed by atoms with Crippen LogP contribution in [0.25, 0.3) is 10.9 Å². The van der Waals surface area contributed by atoms with E-state index in [-0.39, 0.29) is 11.9 Å². The Balaban J connectivity index is 1.28. The normalized spacial score (nSPS) is 14.1. The molecule has 148 valence electrons. The second-order valence-electron chi connectivity index (χ2n) is 6.78. The van der Waals surface area contributed by atoms with E-state index in [0.717, 1.165) is 21.5 Å². The largest absolute Gasteiger partial charge is 0.338 e. The van der Waals surface area contributed by atoms with Crippen LogP contribution in [0.15, 0.2) is 71.8 Å². The van der Waals surface area contributed by atoms with Gasteiger partial charge in [0.1, 0.15) is 0 Å². The van der Waals surface area contributed by atoms with Crippen molar-refractivity contribution in [2.24, 2.45) is 0 Å². The predicted octanol–water partition coefficient (Wildman–Crippen LogP) is 3.70. The smallest absolute Gasteiger partial charge is 0.321 e. The van der Waals surface area contributed by atoms with E-state index in [0.29, 0.717) is 31.9 Å². The van der Waals surface area contributed by atoms with Gasteiger partial charge in [-0.2, -0.15) is 0 Å². The van der Waals surface area contributed by atoms with Crippen molar-refractivity contribution in [3.05, 3.63) is 66.9 Å². The summed E-state index contributed by atoms with van der Waals surface area (Å²) in [6.45, 7) is 2.18. The first-order valence-electron chi connectivity index (χ1n) is 9.56. The van der Waals surface area contributed by atoms with Gasteiger partial charge in [0.2, 0.25) is 5.91 Å². The van der Waals surface area contributed by atoms with E-state index in [1.165, 1.54) is 11.8 Å². The van der Waals surface area contributed by atoms with Crippen molar-refractivity contribution in [1.82, 2.24) is 14.8 Å². The van der Waals surface area contributed by atoms with Gasteiger partial charge < -0.3 is 15.1 Å². The summed E-state index contributed by atoms with van der Waals surface area (Å²) in [4.78, 5) is 34.0. The minimum absolute atomic E-state index is 0.0963. The van der Waals surface area contributed by atoms with Gasteiger partial charge in [-0.25, -0.2) is 4.79 Å². The van der Waals surface area contributed by atoms with E-state index >= 15 is 0 Å². The Kier molecular flexibility index (Phi) is 5.95. The maximum Gasteiger partial charge on any atom is 0.321 e. The summed E-state index contributed by atoms with van der Waals surface area (Å²) >= 11 is 1.54. The Hall–Kier alpha value is -3.06. The van der Waals surface area contributed by atoms with Crippen LogP contribution in [0.2, 0.25) is 0 Å². The summed E-state index contributed by atoms with van der Waals surface area (Å²) < 4.78 is 0. The number of nitrogens with zero attached hydrogens (tertiary/aromatic N) is 3. The molecule has 1 aliphatic heterocycles. The molecule has 0 bridgehead atoms. The predicted molar refractivity (Wildman–Crippen MR) is 116 cm³/mol. The molecule has 3 amide bonds. The summed E-state index contributed by atoms with van der Waals surface area (Å²) in [6, 6.07) is 19.2. The van der Waals surface area contributed by atoms with Crippen LogP contribution in [0, 0.1) is 0 Å². The van der Waals surface area contributed by atoms with Crippen LogP contribution < -0.4 is 5.32 Å². The number of thioether (sulfide) groups is 1. The zero-order chi connectivity index (χ0) is 20.1. The number of para-hydroxylation sites is 2. The number of fused-ring (bicyclic) bond motifs is 1. The average Bonchev–Trinajstić information content (AvgIpc) is 2.78. The number of urea groups is 1. The van der Waals surface area contributed by atoms with Gasteiger partial charge >= 0.3 is 6.03 Å². The van der Waals surface area contributed by atoms with Crippen LogP contribution in [0.5, 0.6) is 0 Å². The zero-order valence-corrected chi connectivity index (χ0v) is 16.8. The standard InChI is InChI=1S/C22H22N4O2S/c27-21(16-29-20-10-11-23-19-9-5-4-8-18(19)20)25-12-14-26(15-13-25)22(28)24-17-6-2-1-3-7-17/h1-11H,12-16H2,(H,24,28). The topological polar surface area (TPSA) is 65.5 Å². The molecule has 2 aromatic carbocycles. The fraction of sp³-hybridized carbons (Fsp3) is 0.227. The number of piperazine rings is 1. The molecule has 2 heterocycles. The molecule has 7 heteroatoms. The lowest BCUT2D eigenvalue weighted by Gasteiger charge is -2.34. The third kappa shape index (κ3) is 4.68. The molecular formula is C22H22N4O2S. The maximum absolute atomic E-state index is 12.6. The fourth-order valence-corrected chi connectivity index (χ4v) is 4.26. The summed E-state index contributed by atoms with van der Waals surface area (Å²) in [6.07, 6.45) is 1.78. The number of aromatic nitrogens is 1. The van der Waals surface area contributed by atoms with Gasteiger partial charge in [-0.15, -0.1) is 11.8 Å². The highest BCUT2D eigenvalue weighted by Gasteiger charge is 2.24. The van der Waals surface area contributed by atoms with E-state index in [1.807, 2.05) is 65.6 Å². The first-order valence-corrected chi connectivity index (χ1v) is 10.5. The Bertz CT molecular complexity index is 999. The van der Waals surface area contributed by atoms with Crippen molar-refractivity contribution in [1.29, 1.82) is 0 Å². The SMILES string of the molecule is O=C(CSc1ccnc2ccccc12)N1CCN(C(=O)Nc2ccccc2)CC1. The van der Waals surface area contributed by atoms with Gasteiger partial charge in [-0.3, -0.25) is 9.78 Å². The van der Waals surface area contributed by atoms with Crippen LogP contribution >= 0.6 is 11.8 Å². The molecule has 0 aliphatic carbocycles. The summed E-state index contributed by atoms with van der Waals surface area (Å²) in [5, 5.41) is 3.96. The molecule has 0 unspecified atom stereocenters. The van der Waals surface area contributed by atoms with Crippen LogP contribution in [0.1, 0.15) is 0 Å². The molecule has 0 radical (unpaired) electrons. The maximum atomic E-state index is 12.6. The highest BCUT2D eigenvalue weighted by atomic mass is 32.2. The van der Waals surface area contributed by atoms with Crippen LogP contribution in [0.4, 0.5) is 10.5 Å². The Morgan fingerprint density at radius 1 is 0.897 bits per heavy atom. The van der Waals surface area contributed by atoms with E-state index in [4.69, 9.17) is 0 Å². The van der Waals surface area contributed by atoms with Gasteiger partial charge in [0, 0.05) is 48.3 Å². The number of carbonyl (C=O) groups is 2. The summed E-state index contributed by atoms with van der Waals surface area (Å²) in [5.74, 6) is 0.475. The number of hydrogen-bond acceptors (Lipinski definition) is 4. The van der Waals surface area contributed by atoms with Gasteiger partial charge in [0.15, 0.2) is 0 Å². The Morgan fingerprint density at radius 2 is 1.59 bits per heavy atom. The van der Waals surface area contributed by atoms with Crippen molar-refractivity contribution in [3.8, 4) is 0 Å². The van der Waals surface area contributed by atoms with E-state index in [1.54, 1.807) is 11.1 Å². The molecule has 1 saturated heterocycles. The monoisotopic (exact) mass is 406 g/mol. The van der Waals surface area contributed by atoms with E-state index < -0.39 is 0 Å². The van der Waals surface area contributed by atoms with Crippen molar-refractivity contribution in [3.63, 3.8) is 0 Å². The molecule has 4 rings (SSSR count). The molecule has 0 atom stereocenters. The van der Waals surface area contributed by atoms with Gasteiger partial charge in [-0.1, -0.05) is 36.4 Å². The second-order valence-corrected chi connectivity index (χ2v) is 7.80. The minimum Gasteiger partial charge on any atom is -0.338 e. The number of hydrogen-bond donors (Lipinski definition) is 1. The lowest BCUT2D eigenvalue weighted by Crippen LogP contribution is -2.52. The molecule has 1 N–H and O–H groups in total. The van der Waals surface area contributed by atoms with E-state index in [2.05, 4.69) is 10.3 Å². The number of rotatable bonds is 4. The molecule has 1 aliphatic rings. The average molecular weight is 407 g/mol. The molecule has 1 fully saturated rings. The van der Waals surface area contributed by atoms with Crippen LogP contribution in [0.3, 0.4) is 0 Å². The van der Waals surface area contributed by atoms with Crippen LogP contribution in [-0.4, -0.2) is 58.7 Å². The molecule has 1 aromatic heterocycles. The molecule has 0 saturated carbocycles. The minimum atomic E-state index is -0.124. The lowest BCUT2D eigenvalue weighted by atomic mass is 10.2. The number of amides is 3. The number of pyridine rings is 1. The van der Waals surface area contributed by atoms with Crippen molar-refractivity contribution in [2.45, 2.75) is 4.90 Å². The summed E-state index contributed by atoms with van der Waals surface area (Å²) in [7, 11) is 0. The Morgan fingerprint density at radius 3 is 2.38 bits per heavy atom. The zero-order valence-electron chi connectivity index (χ0n) is 16.0. The van der Waals surface area contributed by atoms with Gasteiger partial charge in [0.25, 0.3) is 0 Å². The first kappa shape index (κ1) is 19.3. The summed E-state index contributed by atoms with van der Waals surface area (Å²) in [5.41, 5.74) is 1.71. The molecule has 29 heavy (non-hydrogen) atoms. The first-order chi connectivity index (χ1) is 14.2. The van der Waals surface area contributed by atoms with E-state index in [9.17, 15) is 9.59 Å². The number of carbonyl (C=O) groups excluding carboxylic acids is 2. The number of benzene rings is 2. The van der Waals surface area contributed by atoms with Crippen molar-refractivity contribution >= 4 is 40.3 Å². The molecule has 6 nitrogen and oxygen atoms in total. The molecule has 0 spiro atoms. The number of nitrogens with one attached hydrogen (secondary N) is 1. The highest BCUT2D eigenvalue weighted by Crippen LogP contribution is 2.26. The fourth-order valence-electron chi connectivity index (χ4n) is 3.31. The van der Waals surface area contributed by atoms with Gasteiger partial charge in [0.05, 0.1) is 11.3 Å².